The Hall–Kier alpha value is -1.33. The minimum Gasteiger partial charge on any atom is -0.433 e. The molecule has 0 amide bonds. The minimum absolute atomic E-state index is 0.0644. The molecule has 4 aliphatic rings. The summed E-state index contributed by atoms with van der Waals surface area (Å²) in [5.41, 5.74) is 0. The molecule has 0 aromatic rings. The maximum atomic E-state index is 12.9. The average molecular weight is 793 g/mol. The third-order valence-corrected chi connectivity index (χ3v) is 9.88. The molecule has 0 saturated carbocycles. The number of rotatable bonds is 17. The lowest BCUT2D eigenvalue weighted by atomic mass is 9.97. The number of hydrogen-bond acceptors (Lipinski definition) is 22. The van der Waals surface area contributed by atoms with E-state index in [-0.39, 0.29) is 6.42 Å². The highest BCUT2D eigenvalue weighted by atomic mass is 16.8. The molecule has 4 rings (SSSR count). The number of esters is 1. The molecule has 0 spiro atoms. The van der Waals surface area contributed by atoms with Crippen molar-refractivity contribution in [2.75, 3.05) is 26.4 Å². The Morgan fingerprint density at radius 2 is 0.889 bits per heavy atom. The monoisotopic (exact) mass is 792 g/mol. The number of unbranched alkanes of at least 4 members (excludes halogenated alkanes) is 4. The first-order valence-electron chi connectivity index (χ1n) is 18.0. The highest BCUT2D eigenvalue weighted by Gasteiger charge is 2.53. The van der Waals surface area contributed by atoms with E-state index in [1.165, 1.54) is 0 Å². The lowest BCUT2D eigenvalue weighted by Gasteiger charge is -2.46. The van der Waals surface area contributed by atoms with Crippen molar-refractivity contribution in [1.82, 2.24) is 0 Å². The van der Waals surface area contributed by atoms with Crippen molar-refractivity contribution in [1.29, 1.82) is 0 Å². The summed E-state index contributed by atoms with van der Waals surface area (Å²) in [7, 11) is 0. The van der Waals surface area contributed by atoms with Crippen LogP contribution >= 0.6 is 0 Å². The van der Waals surface area contributed by atoms with Crippen LogP contribution in [-0.4, -0.2) is 222 Å². The summed E-state index contributed by atoms with van der Waals surface area (Å²) >= 11 is 0. The molecule has 4 heterocycles. The summed E-state index contributed by atoms with van der Waals surface area (Å²) in [4.78, 5) is 12.9. The summed E-state index contributed by atoms with van der Waals surface area (Å²) in [6.07, 6.45) is -30.8. The summed E-state index contributed by atoms with van der Waals surface area (Å²) in [5.74, 6) is -0.785. The predicted molar refractivity (Wildman–Crippen MR) is 171 cm³/mol. The number of aliphatic hydroxyl groups excluding tert-OH is 13. The number of hydrogen-bond donors (Lipinski definition) is 13. The van der Waals surface area contributed by atoms with Gasteiger partial charge in [-0.2, -0.15) is 0 Å². The Morgan fingerprint density at radius 1 is 0.481 bits per heavy atom. The molecule has 0 aliphatic carbocycles. The van der Waals surface area contributed by atoms with E-state index in [1.807, 2.05) is 6.92 Å². The third kappa shape index (κ3) is 10.8. The fourth-order valence-electron chi connectivity index (χ4n) is 6.46. The van der Waals surface area contributed by atoms with Crippen molar-refractivity contribution in [2.24, 2.45) is 0 Å². The Labute approximate surface area is 309 Å². The molecule has 20 unspecified atom stereocenters. The van der Waals surface area contributed by atoms with E-state index in [2.05, 4.69) is 0 Å². The quantitative estimate of drug-likeness (QED) is 0.0481. The van der Waals surface area contributed by atoms with Gasteiger partial charge in [0.2, 0.25) is 6.29 Å². The molecule has 22 nitrogen and oxygen atoms in total. The Balaban J connectivity index is 1.43. The number of carbonyl (C=O) groups is 1. The van der Waals surface area contributed by atoms with Crippen LogP contribution in [0.25, 0.3) is 0 Å². The fraction of sp³-hybridized carbons (Fsp3) is 0.969. The largest absolute Gasteiger partial charge is 0.433 e. The van der Waals surface area contributed by atoms with Crippen molar-refractivity contribution >= 4 is 5.97 Å². The second kappa shape index (κ2) is 20.9. The zero-order chi connectivity index (χ0) is 39.9. The molecule has 22 heteroatoms. The Kier molecular flexibility index (Phi) is 17.6. The van der Waals surface area contributed by atoms with Gasteiger partial charge in [-0.05, 0) is 6.42 Å². The van der Waals surface area contributed by atoms with Gasteiger partial charge in [0.1, 0.15) is 91.6 Å². The molecule has 4 saturated heterocycles. The Bertz CT molecular complexity index is 1120. The van der Waals surface area contributed by atoms with E-state index in [0.29, 0.717) is 6.42 Å². The van der Waals surface area contributed by atoms with Crippen molar-refractivity contribution in [3.05, 3.63) is 0 Å². The summed E-state index contributed by atoms with van der Waals surface area (Å²) in [6, 6.07) is 0. The first kappa shape index (κ1) is 45.4. The molecule has 54 heavy (non-hydrogen) atoms. The molecule has 0 aromatic carbocycles. The first-order chi connectivity index (χ1) is 25.6. The third-order valence-electron chi connectivity index (χ3n) is 9.88. The zero-order valence-electron chi connectivity index (χ0n) is 29.6. The van der Waals surface area contributed by atoms with E-state index in [4.69, 9.17) is 37.9 Å². The predicted octanol–water partition coefficient (Wildman–Crippen LogP) is -6.84. The smallest absolute Gasteiger partial charge is 0.308 e. The van der Waals surface area contributed by atoms with Crippen molar-refractivity contribution in [2.45, 2.75) is 168 Å². The lowest BCUT2D eigenvalue weighted by Crippen LogP contribution is -2.65. The van der Waals surface area contributed by atoms with Crippen molar-refractivity contribution in [3.63, 3.8) is 0 Å². The van der Waals surface area contributed by atoms with Crippen LogP contribution < -0.4 is 0 Å². The van der Waals surface area contributed by atoms with Crippen LogP contribution in [-0.2, 0) is 42.7 Å². The molecule has 0 bridgehead atoms. The number of ether oxygens (including phenoxy) is 8. The van der Waals surface area contributed by atoms with Crippen molar-refractivity contribution < 1.29 is 109 Å². The second-order valence-corrected chi connectivity index (χ2v) is 13.9. The van der Waals surface area contributed by atoms with Crippen LogP contribution in [0.1, 0.15) is 45.4 Å². The first-order valence-corrected chi connectivity index (χ1v) is 18.0. The van der Waals surface area contributed by atoms with Gasteiger partial charge in [-0.25, -0.2) is 0 Å². The molecule has 4 aliphatic heterocycles. The SMILES string of the molecule is CCCCCCCC(=O)OC1OC(COC2OC(COC3OC(CO)C(O)C(O)C3O)C(O)C(O)C2O)C(O)C(O)C1OC1OC(CO)C(O)C(O)C1O. The van der Waals surface area contributed by atoms with Gasteiger partial charge in [0.15, 0.2) is 25.0 Å². The molecule has 0 radical (unpaired) electrons. The summed E-state index contributed by atoms with van der Waals surface area (Å²) in [5, 5.41) is 134. The molecule has 4 fully saturated rings. The van der Waals surface area contributed by atoms with Gasteiger partial charge in [0.05, 0.1) is 26.4 Å². The minimum atomic E-state index is -1.97. The van der Waals surface area contributed by atoms with Crippen LogP contribution in [0.2, 0.25) is 0 Å². The Morgan fingerprint density at radius 3 is 1.39 bits per heavy atom. The van der Waals surface area contributed by atoms with Crippen LogP contribution in [0.5, 0.6) is 0 Å². The van der Waals surface area contributed by atoms with E-state index >= 15 is 0 Å². The van der Waals surface area contributed by atoms with Gasteiger partial charge >= 0.3 is 5.97 Å². The lowest BCUT2D eigenvalue weighted by molar-refractivity contribution is -0.368. The van der Waals surface area contributed by atoms with Crippen LogP contribution in [0.4, 0.5) is 0 Å². The van der Waals surface area contributed by atoms with Crippen LogP contribution in [0.3, 0.4) is 0 Å². The summed E-state index contributed by atoms with van der Waals surface area (Å²) < 4.78 is 44.0. The van der Waals surface area contributed by atoms with Gasteiger partial charge < -0.3 is 104 Å². The van der Waals surface area contributed by atoms with Crippen LogP contribution in [0.15, 0.2) is 0 Å². The van der Waals surface area contributed by atoms with E-state index in [9.17, 15) is 71.2 Å². The fourth-order valence-corrected chi connectivity index (χ4v) is 6.46. The summed E-state index contributed by atoms with van der Waals surface area (Å²) in [6.45, 7) is -0.882. The number of aliphatic hydroxyl groups is 13. The number of carbonyl (C=O) groups excluding carboxylic acids is 1. The van der Waals surface area contributed by atoms with E-state index in [1.54, 1.807) is 0 Å². The normalized spacial score (nSPS) is 46.0. The maximum absolute atomic E-state index is 12.9. The van der Waals surface area contributed by atoms with Crippen molar-refractivity contribution in [3.8, 4) is 0 Å². The van der Waals surface area contributed by atoms with Gasteiger partial charge in [-0.3, -0.25) is 4.79 Å². The van der Waals surface area contributed by atoms with Gasteiger partial charge in [-0.1, -0.05) is 32.6 Å². The molecule has 316 valence electrons. The topological polar surface area (TPSA) is 354 Å². The van der Waals surface area contributed by atoms with E-state index in [0.717, 1.165) is 25.7 Å². The molecule has 20 atom stereocenters. The zero-order valence-corrected chi connectivity index (χ0v) is 29.6. The molecule has 0 aromatic heterocycles. The van der Waals surface area contributed by atoms with Gasteiger partial charge in [0, 0.05) is 6.42 Å². The van der Waals surface area contributed by atoms with Crippen LogP contribution in [0, 0.1) is 0 Å². The second-order valence-electron chi connectivity index (χ2n) is 13.9. The highest BCUT2D eigenvalue weighted by Crippen LogP contribution is 2.32. The maximum Gasteiger partial charge on any atom is 0.308 e. The highest BCUT2D eigenvalue weighted by molar-refractivity contribution is 5.69. The molecular weight excluding hydrogens is 736 g/mol. The van der Waals surface area contributed by atoms with Gasteiger partial charge in [-0.15, -0.1) is 0 Å². The molecular formula is C32H56O22. The van der Waals surface area contributed by atoms with Gasteiger partial charge in [0.25, 0.3) is 0 Å². The van der Waals surface area contributed by atoms with E-state index < -0.39 is 155 Å². The molecule has 13 N–H and O–H groups in total. The average Bonchev–Trinajstić information content (AvgIpc) is 3.15. The standard InChI is InChI=1S/C32H56O22/c1-2-3-4-5-6-7-16(35)53-32-28(54-31-27(46)22(41)18(37)13(9-34)50-31)24(43)20(39)15(52-32)11-48-30-26(45)23(42)19(38)14(51-30)10-47-29-25(44)21(40)17(36)12(8-33)49-29/h12-15,17-34,36-46H,2-11H2,1H3.